The van der Waals surface area contributed by atoms with Crippen molar-refractivity contribution >= 4 is 46.6 Å². The fourth-order valence-corrected chi connectivity index (χ4v) is 3.56. The van der Waals surface area contributed by atoms with E-state index in [2.05, 4.69) is 15.6 Å². The maximum absolute atomic E-state index is 12.5. The largest absolute Gasteiger partial charge is 0.452 e. The lowest BCUT2D eigenvalue weighted by Gasteiger charge is -2.12. The van der Waals surface area contributed by atoms with Crippen LogP contribution in [0.5, 0.6) is 0 Å². The van der Waals surface area contributed by atoms with Crippen molar-refractivity contribution in [3.05, 3.63) is 76.1 Å². The number of nitrogens with one attached hydrogen (secondary N) is 2. The van der Waals surface area contributed by atoms with Crippen LogP contribution in [-0.2, 0) is 21.4 Å². The zero-order chi connectivity index (χ0) is 24.7. The van der Waals surface area contributed by atoms with Gasteiger partial charge in [-0.05, 0) is 24.6 Å². The van der Waals surface area contributed by atoms with Crippen molar-refractivity contribution in [3.63, 3.8) is 0 Å². The van der Waals surface area contributed by atoms with E-state index in [-0.39, 0.29) is 34.3 Å². The van der Waals surface area contributed by atoms with Crippen LogP contribution in [0.4, 0.5) is 17.1 Å². The molecule has 1 heterocycles. The number of imidazole rings is 1. The first-order valence-electron chi connectivity index (χ1n) is 9.95. The summed E-state index contributed by atoms with van der Waals surface area (Å²) in [6.45, 7) is 1.06. The number of benzene rings is 2. The molecule has 0 radical (unpaired) electrons. The molecule has 0 bridgehead atoms. The highest BCUT2D eigenvalue weighted by Crippen LogP contribution is 2.22. The summed E-state index contributed by atoms with van der Waals surface area (Å²) in [5.74, 6) is -1.73. The maximum atomic E-state index is 12.5. The van der Waals surface area contributed by atoms with Gasteiger partial charge in [-0.2, -0.15) is 0 Å². The summed E-state index contributed by atoms with van der Waals surface area (Å²) in [6.07, 6.45) is 3.39. The second-order valence-electron chi connectivity index (χ2n) is 7.08. The zero-order valence-electron chi connectivity index (χ0n) is 18.3. The maximum Gasteiger partial charge on any atom is 0.340 e. The summed E-state index contributed by atoms with van der Waals surface area (Å²) in [5, 5.41) is 16.8. The minimum Gasteiger partial charge on any atom is -0.452 e. The molecule has 0 fully saturated rings. The number of amides is 2. The summed E-state index contributed by atoms with van der Waals surface area (Å²) < 4.78 is 6.86. The third-order valence-corrected chi connectivity index (χ3v) is 5.63. The number of carbonyl (C=O) groups excluding carboxylic acids is 3. The molecular weight excluding hydrogens is 462 g/mol. The van der Waals surface area contributed by atoms with Crippen LogP contribution in [0.1, 0.15) is 15.9 Å². The van der Waals surface area contributed by atoms with E-state index < -0.39 is 23.4 Å². The topological polar surface area (TPSA) is 145 Å². The van der Waals surface area contributed by atoms with E-state index in [0.717, 1.165) is 0 Å². The van der Waals surface area contributed by atoms with E-state index in [9.17, 15) is 24.5 Å². The summed E-state index contributed by atoms with van der Waals surface area (Å²) in [7, 11) is 1.81. The number of nitro groups is 1. The van der Waals surface area contributed by atoms with Crippen LogP contribution in [0, 0.1) is 17.0 Å². The fourth-order valence-electron chi connectivity index (χ4n) is 2.83. The molecule has 0 unspecified atom stereocenters. The first kappa shape index (κ1) is 24.5. The van der Waals surface area contributed by atoms with Crippen molar-refractivity contribution in [2.45, 2.75) is 12.1 Å². The van der Waals surface area contributed by atoms with E-state index in [1.165, 1.54) is 36.0 Å². The van der Waals surface area contributed by atoms with Gasteiger partial charge in [0, 0.05) is 31.6 Å². The second kappa shape index (κ2) is 11.1. The molecule has 34 heavy (non-hydrogen) atoms. The Morgan fingerprint density at radius 1 is 1.12 bits per heavy atom. The predicted octanol–water partition coefficient (Wildman–Crippen LogP) is 3.16. The number of non-ortho nitro benzene ring substituents is 1. The van der Waals surface area contributed by atoms with Gasteiger partial charge in [0.1, 0.15) is 0 Å². The first-order chi connectivity index (χ1) is 16.2. The number of para-hydroxylation sites is 1. The molecule has 0 aliphatic heterocycles. The van der Waals surface area contributed by atoms with Gasteiger partial charge in [-0.15, -0.1) is 0 Å². The third-order valence-electron chi connectivity index (χ3n) is 4.57. The molecule has 3 aromatic rings. The summed E-state index contributed by atoms with van der Waals surface area (Å²) >= 11 is 1.24. The van der Waals surface area contributed by atoms with Crippen molar-refractivity contribution in [2.75, 3.05) is 23.0 Å². The van der Waals surface area contributed by atoms with E-state index in [4.69, 9.17) is 4.74 Å². The van der Waals surface area contributed by atoms with Crippen molar-refractivity contribution in [1.29, 1.82) is 0 Å². The Balaban J connectivity index is 1.57. The van der Waals surface area contributed by atoms with Crippen molar-refractivity contribution in [2.24, 2.45) is 7.05 Å². The lowest BCUT2D eigenvalue weighted by molar-refractivity contribution is -0.384. The molecule has 0 saturated heterocycles. The first-order valence-corrected chi connectivity index (χ1v) is 10.9. The van der Waals surface area contributed by atoms with Crippen LogP contribution >= 0.6 is 11.8 Å². The van der Waals surface area contributed by atoms with Gasteiger partial charge in [0.2, 0.25) is 5.91 Å². The summed E-state index contributed by atoms with van der Waals surface area (Å²) in [6, 6.07) is 10.3. The minimum atomic E-state index is -0.807. The van der Waals surface area contributed by atoms with E-state index in [0.29, 0.717) is 10.7 Å². The van der Waals surface area contributed by atoms with Crippen molar-refractivity contribution < 1.29 is 24.0 Å². The molecule has 0 aliphatic rings. The van der Waals surface area contributed by atoms with Crippen LogP contribution < -0.4 is 10.6 Å². The molecular formula is C22H21N5O6S. The van der Waals surface area contributed by atoms with Gasteiger partial charge in [-0.3, -0.25) is 19.7 Å². The highest BCUT2D eigenvalue weighted by molar-refractivity contribution is 7.99. The molecule has 176 valence electrons. The molecule has 3 rings (SSSR count). The number of ether oxygens (including phenoxy) is 1. The standard InChI is InChI=1S/C22H21N5O6S/c1-14-7-8-15(27(31)32)11-18(14)25-19(28)12-33-21(30)16-5-3-4-6-17(16)24-20(29)13-34-22-23-9-10-26(22)2/h3-11H,12-13H2,1-2H3,(H,24,29)(H,25,28). The zero-order valence-corrected chi connectivity index (χ0v) is 19.1. The number of aryl methyl sites for hydroxylation is 2. The van der Waals surface area contributed by atoms with Gasteiger partial charge in [0.05, 0.1) is 27.6 Å². The molecule has 0 saturated carbocycles. The van der Waals surface area contributed by atoms with E-state index >= 15 is 0 Å². The Hall–Kier alpha value is -4.19. The quantitative estimate of drug-likeness (QED) is 0.204. The number of esters is 1. The Kier molecular flexibility index (Phi) is 7.98. The fraction of sp³-hybridized carbons (Fsp3) is 0.182. The molecule has 2 amide bonds. The van der Waals surface area contributed by atoms with Crippen LogP contribution in [0.2, 0.25) is 0 Å². The SMILES string of the molecule is Cc1ccc([N+](=O)[O-])cc1NC(=O)COC(=O)c1ccccc1NC(=O)CSc1nccn1C. The third kappa shape index (κ3) is 6.42. The van der Waals surface area contributed by atoms with E-state index in [1.54, 1.807) is 42.1 Å². The second-order valence-corrected chi connectivity index (χ2v) is 8.03. The number of anilines is 2. The van der Waals surface area contributed by atoms with Gasteiger partial charge in [-0.1, -0.05) is 30.0 Å². The minimum absolute atomic E-state index is 0.0807. The van der Waals surface area contributed by atoms with E-state index in [1.807, 2.05) is 7.05 Å². The summed E-state index contributed by atoms with van der Waals surface area (Å²) in [5.41, 5.74) is 1.00. The highest BCUT2D eigenvalue weighted by Gasteiger charge is 2.17. The number of nitro benzene ring substituents is 1. The monoisotopic (exact) mass is 483 g/mol. The number of thioether (sulfide) groups is 1. The average molecular weight is 484 g/mol. The predicted molar refractivity (Wildman–Crippen MR) is 126 cm³/mol. The van der Waals surface area contributed by atoms with Crippen molar-refractivity contribution in [3.8, 4) is 0 Å². The Morgan fingerprint density at radius 3 is 2.56 bits per heavy atom. The number of aromatic nitrogens is 2. The Labute approximate surface area is 198 Å². The molecule has 0 aliphatic carbocycles. The molecule has 12 heteroatoms. The Bertz CT molecular complexity index is 1240. The smallest absolute Gasteiger partial charge is 0.340 e. The van der Waals surface area contributed by atoms with Crippen molar-refractivity contribution in [1.82, 2.24) is 9.55 Å². The number of hydrogen-bond donors (Lipinski definition) is 2. The average Bonchev–Trinajstić information content (AvgIpc) is 3.22. The molecule has 2 aromatic carbocycles. The van der Waals surface area contributed by atoms with Gasteiger partial charge >= 0.3 is 5.97 Å². The number of hydrogen-bond acceptors (Lipinski definition) is 8. The van der Waals surface area contributed by atoms with Gasteiger partial charge in [0.15, 0.2) is 11.8 Å². The molecule has 0 spiro atoms. The summed E-state index contributed by atoms with van der Waals surface area (Å²) in [4.78, 5) is 51.6. The number of carbonyl (C=O) groups is 3. The van der Waals surface area contributed by atoms with Gasteiger partial charge in [0.25, 0.3) is 11.6 Å². The Morgan fingerprint density at radius 2 is 1.85 bits per heavy atom. The van der Waals surface area contributed by atoms with Crippen LogP contribution in [0.25, 0.3) is 0 Å². The number of rotatable bonds is 9. The van der Waals surface area contributed by atoms with Gasteiger partial charge in [-0.25, -0.2) is 9.78 Å². The van der Waals surface area contributed by atoms with Gasteiger partial charge < -0.3 is 19.9 Å². The molecule has 11 nitrogen and oxygen atoms in total. The van der Waals surface area contributed by atoms with Crippen LogP contribution in [0.15, 0.2) is 60.0 Å². The van der Waals surface area contributed by atoms with Crippen LogP contribution in [-0.4, -0.2) is 44.6 Å². The highest BCUT2D eigenvalue weighted by atomic mass is 32.2. The lowest BCUT2D eigenvalue weighted by Crippen LogP contribution is -2.22. The molecule has 2 N–H and O–H groups in total. The van der Waals surface area contributed by atoms with Crippen LogP contribution in [0.3, 0.4) is 0 Å². The lowest BCUT2D eigenvalue weighted by atomic mass is 10.1. The normalized spacial score (nSPS) is 10.4. The molecule has 0 atom stereocenters. The molecule has 1 aromatic heterocycles. The number of nitrogens with zero attached hydrogens (tertiary/aromatic N) is 3.